The maximum atomic E-state index is 14.3. The normalized spacial score (nSPS) is 16.8. The maximum absolute atomic E-state index is 14.3. The summed E-state index contributed by atoms with van der Waals surface area (Å²) in [6.45, 7) is 3.76. The van der Waals surface area contributed by atoms with Gasteiger partial charge in [0.2, 0.25) is 0 Å². The van der Waals surface area contributed by atoms with E-state index in [1.807, 2.05) is 6.92 Å². The molecule has 0 saturated carbocycles. The Morgan fingerprint density at radius 2 is 2.40 bits per heavy atom. The quantitative estimate of drug-likeness (QED) is 0.815. The Bertz CT molecular complexity index is 729. The number of carbonyl (C=O) groups is 1. The second kappa shape index (κ2) is 8.40. The third-order valence-electron chi connectivity index (χ3n) is 3.89. The van der Waals surface area contributed by atoms with E-state index in [4.69, 9.17) is 9.47 Å². The molecule has 1 fully saturated rings. The molecule has 1 aromatic carbocycles. The molecular weight excluding hydrogens is 343 g/mol. The first-order valence-electron chi connectivity index (χ1n) is 8.45. The topological polar surface area (TPSA) is 60.5 Å². The van der Waals surface area contributed by atoms with Gasteiger partial charge in [0.05, 0.1) is 12.7 Å². The van der Waals surface area contributed by atoms with Crippen molar-refractivity contribution in [2.75, 3.05) is 19.8 Å². The van der Waals surface area contributed by atoms with Crippen LogP contribution in [0.25, 0.3) is 10.6 Å². The van der Waals surface area contributed by atoms with E-state index in [1.54, 1.807) is 17.5 Å². The molecule has 2 heterocycles. The number of rotatable bonds is 7. The standard InChI is InChI=1S/C18H21FN2O3S/c1-2-7-23-12-5-6-14(15(19)9-12)18-21-16(11-25-18)17(22)20-10-13-4-3-8-24-13/h5-6,9,11,13H,2-4,7-8,10H2,1H3,(H,20,22). The van der Waals surface area contributed by atoms with Gasteiger partial charge in [0, 0.05) is 30.2 Å². The number of ether oxygens (including phenoxy) is 2. The lowest BCUT2D eigenvalue weighted by Gasteiger charge is -2.09. The van der Waals surface area contributed by atoms with Crippen LogP contribution >= 0.6 is 11.3 Å². The van der Waals surface area contributed by atoms with Gasteiger partial charge in [0.15, 0.2) is 0 Å². The summed E-state index contributed by atoms with van der Waals surface area (Å²) in [5.41, 5.74) is 0.663. The van der Waals surface area contributed by atoms with Crippen molar-refractivity contribution in [1.82, 2.24) is 10.3 Å². The van der Waals surface area contributed by atoms with Gasteiger partial charge in [0.1, 0.15) is 22.3 Å². The molecule has 0 spiro atoms. The zero-order valence-electron chi connectivity index (χ0n) is 14.1. The van der Waals surface area contributed by atoms with Crippen molar-refractivity contribution < 1.29 is 18.7 Å². The minimum absolute atomic E-state index is 0.0789. The molecule has 0 aliphatic carbocycles. The summed E-state index contributed by atoms with van der Waals surface area (Å²) >= 11 is 1.24. The van der Waals surface area contributed by atoms with Crippen molar-refractivity contribution in [3.8, 4) is 16.3 Å². The van der Waals surface area contributed by atoms with Crippen LogP contribution < -0.4 is 10.1 Å². The van der Waals surface area contributed by atoms with E-state index >= 15 is 0 Å². The van der Waals surface area contributed by atoms with Gasteiger partial charge in [-0.25, -0.2) is 9.37 Å². The van der Waals surface area contributed by atoms with Crippen LogP contribution in [0.15, 0.2) is 23.6 Å². The number of hydrogen-bond acceptors (Lipinski definition) is 5. The third-order valence-corrected chi connectivity index (χ3v) is 4.77. The molecule has 134 valence electrons. The van der Waals surface area contributed by atoms with Crippen LogP contribution in [-0.4, -0.2) is 36.8 Å². The first-order chi connectivity index (χ1) is 12.2. The molecule has 0 bridgehead atoms. The monoisotopic (exact) mass is 364 g/mol. The Hall–Kier alpha value is -1.99. The van der Waals surface area contributed by atoms with Crippen LogP contribution in [0.4, 0.5) is 4.39 Å². The highest BCUT2D eigenvalue weighted by molar-refractivity contribution is 7.13. The van der Waals surface area contributed by atoms with Crippen LogP contribution in [0, 0.1) is 5.82 Å². The summed E-state index contributed by atoms with van der Waals surface area (Å²) in [5.74, 6) is -0.176. The lowest BCUT2D eigenvalue weighted by molar-refractivity contribution is 0.0854. The van der Waals surface area contributed by atoms with Gasteiger partial charge >= 0.3 is 0 Å². The van der Waals surface area contributed by atoms with Crippen LogP contribution in [0.3, 0.4) is 0 Å². The highest BCUT2D eigenvalue weighted by Crippen LogP contribution is 2.29. The average molecular weight is 364 g/mol. The predicted molar refractivity (Wildman–Crippen MR) is 94.6 cm³/mol. The molecule has 1 atom stereocenters. The summed E-state index contributed by atoms with van der Waals surface area (Å²) in [5, 5.41) is 4.93. The second-order valence-corrected chi connectivity index (χ2v) is 6.73. The number of thiazole rings is 1. The molecule has 0 radical (unpaired) electrons. The maximum Gasteiger partial charge on any atom is 0.270 e. The zero-order chi connectivity index (χ0) is 17.6. The highest BCUT2D eigenvalue weighted by atomic mass is 32.1. The number of nitrogens with zero attached hydrogens (tertiary/aromatic N) is 1. The summed E-state index contributed by atoms with van der Waals surface area (Å²) in [6, 6.07) is 4.70. The SMILES string of the molecule is CCCOc1ccc(-c2nc(C(=O)NCC3CCCO3)cs2)c(F)c1. The molecule has 25 heavy (non-hydrogen) atoms. The molecule has 5 nitrogen and oxygen atoms in total. The molecule has 7 heteroatoms. The number of benzene rings is 1. The number of halogens is 1. The molecule has 3 rings (SSSR count). The summed E-state index contributed by atoms with van der Waals surface area (Å²) in [7, 11) is 0. The fourth-order valence-corrected chi connectivity index (χ4v) is 3.41. The van der Waals surface area contributed by atoms with Crippen molar-refractivity contribution in [3.05, 3.63) is 35.1 Å². The minimum Gasteiger partial charge on any atom is -0.494 e. The Kier molecular flexibility index (Phi) is 5.99. The van der Waals surface area contributed by atoms with Crippen molar-refractivity contribution >= 4 is 17.2 Å². The first kappa shape index (κ1) is 17.8. The number of carbonyl (C=O) groups excluding carboxylic acids is 1. The molecule has 1 aliphatic rings. The highest BCUT2D eigenvalue weighted by Gasteiger charge is 2.19. The van der Waals surface area contributed by atoms with E-state index in [0.717, 1.165) is 25.9 Å². The summed E-state index contributed by atoms with van der Waals surface area (Å²) in [4.78, 5) is 16.4. The molecule has 1 aliphatic heterocycles. The number of aromatic nitrogens is 1. The molecule has 1 aromatic heterocycles. The van der Waals surface area contributed by atoms with Crippen molar-refractivity contribution in [2.24, 2.45) is 0 Å². The van der Waals surface area contributed by atoms with Crippen molar-refractivity contribution in [2.45, 2.75) is 32.3 Å². The van der Waals surface area contributed by atoms with Crippen molar-refractivity contribution in [3.63, 3.8) is 0 Å². The Labute approximate surface area is 150 Å². The third kappa shape index (κ3) is 4.55. The Morgan fingerprint density at radius 1 is 1.52 bits per heavy atom. The number of hydrogen-bond donors (Lipinski definition) is 1. The lowest BCUT2D eigenvalue weighted by atomic mass is 10.2. The summed E-state index contributed by atoms with van der Waals surface area (Å²) < 4.78 is 25.2. The molecule has 1 amide bonds. The van der Waals surface area contributed by atoms with Crippen LogP contribution in [0.5, 0.6) is 5.75 Å². The summed E-state index contributed by atoms with van der Waals surface area (Å²) in [6.07, 6.45) is 2.93. The van der Waals surface area contributed by atoms with E-state index in [1.165, 1.54) is 17.4 Å². The first-order valence-corrected chi connectivity index (χ1v) is 9.33. The Balaban J connectivity index is 1.65. The van der Waals surface area contributed by atoms with Crippen LogP contribution in [0.2, 0.25) is 0 Å². The fraction of sp³-hybridized carbons (Fsp3) is 0.444. The molecule has 1 unspecified atom stereocenters. The largest absolute Gasteiger partial charge is 0.494 e. The number of amides is 1. The van der Waals surface area contributed by atoms with E-state index in [2.05, 4.69) is 10.3 Å². The lowest BCUT2D eigenvalue weighted by Crippen LogP contribution is -2.31. The zero-order valence-corrected chi connectivity index (χ0v) is 14.9. The van der Waals surface area contributed by atoms with E-state index in [9.17, 15) is 9.18 Å². The van der Waals surface area contributed by atoms with Crippen LogP contribution in [0.1, 0.15) is 36.7 Å². The minimum atomic E-state index is -0.408. The van der Waals surface area contributed by atoms with Gasteiger partial charge in [-0.15, -0.1) is 11.3 Å². The van der Waals surface area contributed by atoms with Crippen LogP contribution in [-0.2, 0) is 4.74 Å². The van der Waals surface area contributed by atoms with E-state index < -0.39 is 5.82 Å². The molecule has 1 saturated heterocycles. The molecular formula is C18H21FN2O3S. The molecule has 2 aromatic rings. The number of nitrogens with one attached hydrogen (secondary N) is 1. The van der Waals surface area contributed by atoms with E-state index in [0.29, 0.717) is 35.2 Å². The average Bonchev–Trinajstić information content (AvgIpc) is 3.29. The van der Waals surface area contributed by atoms with Gasteiger partial charge < -0.3 is 14.8 Å². The van der Waals surface area contributed by atoms with Crippen molar-refractivity contribution in [1.29, 1.82) is 0 Å². The second-order valence-electron chi connectivity index (χ2n) is 5.87. The van der Waals surface area contributed by atoms with Gasteiger partial charge in [-0.2, -0.15) is 0 Å². The predicted octanol–water partition coefficient (Wildman–Crippen LogP) is 3.65. The smallest absolute Gasteiger partial charge is 0.270 e. The fourth-order valence-electron chi connectivity index (χ4n) is 2.58. The van der Waals surface area contributed by atoms with Gasteiger partial charge in [-0.3, -0.25) is 4.79 Å². The van der Waals surface area contributed by atoms with E-state index in [-0.39, 0.29) is 12.0 Å². The molecule has 1 N–H and O–H groups in total. The Morgan fingerprint density at radius 3 is 3.12 bits per heavy atom. The van der Waals surface area contributed by atoms with Gasteiger partial charge in [-0.05, 0) is 31.4 Å². The van der Waals surface area contributed by atoms with Gasteiger partial charge in [-0.1, -0.05) is 6.92 Å². The van der Waals surface area contributed by atoms with Gasteiger partial charge in [0.25, 0.3) is 5.91 Å².